The summed E-state index contributed by atoms with van der Waals surface area (Å²) in [6.45, 7) is 5.94. The Balaban J connectivity index is 2.92. The zero-order valence-corrected chi connectivity index (χ0v) is 9.67. The van der Waals surface area contributed by atoms with Gasteiger partial charge in [-0.3, -0.25) is 4.79 Å². The van der Waals surface area contributed by atoms with Crippen LogP contribution in [-0.4, -0.2) is 42.8 Å². The highest BCUT2D eigenvalue weighted by Crippen LogP contribution is 2.24. The van der Waals surface area contributed by atoms with Gasteiger partial charge in [0.1, 0.15) is 5.25 Å². The minimum Gasteiger partial charge on any atom is -0.339 e. The predicted molar refractivity (Wildman–Crippen MR) is 54.7 cm³/mol. The Morgan fingerprint density at radius 1 is 1.43 bits per heavy atom. The lowest BCUT2D eigenvalue weighted by Gasteiger charge is -2.18. The van der Waals surface area contributed by atoms with Crippen LogP contribution in [0.25, 0.3) is 0 Å². The Morgan fingerprint density at radius 3 is 2.36 bits per heavy atom. The van der Waals surface area contributed by atoms with E-state index in [9.17, 15) is 13.2 Å². The van der Waals surface area contributed by atoms with Crippen molar-refractivity contribution in [2.24, 2.45) is 0 Å². The zero-order valence-electron chi connectivity index (χ0n) is 8.86. The van der Waals surface area contributed by atoms with Crippen LogP contribution in [0.4, 0.5) is 0 Å². The highest BCUT2D eigenvalue weighted by molar-refractivity contribution is 7.92. The van der Waals surface area contributed by atoms with E-state index in [1.165, 1.54) is 0 Å². The van der Waals surface area contributed by atoms with E-state index in [-0.39, 0.29) is 17.7 Å². The standard InChI is InChI=1S/C9H17NO3S/c1-4-10-7(3)6-8(9(10)11)14(12,13)5-2/h7-8H,4-6H2,1-3H3. The molecule has 0 radical (unpaired) electrons. The number of nitrogens with zero attached hydrogens (tertiary/aromatic N) is 1. The van der Waals surface area contributed by atoms with Crippen LogP contribution in [0.15, 0.2) is 0 Å². The van der Waals surface area contributed by atoms with Gasteiger partial charge in [0.25, 0.3) is 0 Å². The van der Waals surface area contributed by atoms with Gasteiger partial charge in [0.2, 0.25) is 5.91 Å². The van der Waals surface area contributed by atoms with Gasteiger partial charge in [-0.15, -0.1) is 0 Å². The summed E-state index contributed by atoms with van der Waals surface area (Å²) >= 11 is 0. The Hall–Kier alpha value is -0.580. The SMILES string of the molecule is CCN1C(=O)C(S(=O)(=O)CC)CC1C. The second-order valence-electron chi connectivity index (χ2n) is 3.65. The first kappa shape index (κ1) is 11.5. The van der Waals surface area contributed by atoms with Gasteiger partial charge in [-0.05, 0) is 20.3 Å². The largest absolute Gasteiger partial charge is 0.339 e. The maximum absolute atomic E-state index is 11.7. The summed E-state index contributed by atoms with van der Waals surface area (Å²) < 4.78 is 23.1. The monoisotopic (exact) mass is 219 g/mol. The van der Waals surface area contributed by atoms with Crippen molar-refractivity contribution in [3.05, 3.63) is 0 Å². The molecule has 14 heavy (non-hydrogen) atoms. The Bertz CT molecular complexity index is 323. The van der Waals surface area contributed by atoms with E-state index in [1.807, 2.05) is 13.8 Å². The normalized spacial score (nSPS) is 28.5. The summed E-state index contributed by atoms with van der Waals surface area (Å²) in [5, 5.41) is -0.789. The van der Waals surface area contributed by atoms with Gasteiger partial charge in [-0.25, -0.2) is 8.42 Å². The molecule has 0 N–H and O–H groups in total. The first-order valence-electron chi connectivity index (χ1n) is 4.96. The third-order valence-electron chi connectivity index (χ3n) is 2.82. The smallest absolute Gasteiger partial charge is 0.241 e. The number of hydrogen-bond donors (Lipinski definition) is 0. The molecule has 4 nitrogen and oxygen atoms in total. The van der Waals surface area contributed by atoms with Crippen LogP contribution in [0.3, 0.4) is 0 Å². The second kappa shape index (κ2) is 3.88. The van der Waals surface area contributed by atoms with Crippen LogP contribution in [0.1, 0.15) is 27.2 Å². The molecule has 1 aliphatic rings. The fourth-order valence-electron chi connectivity index (χ4n) is 1.91. The molecule has 0 spiro atoms. The number of sulfone groups is 1. The van der Waals surface area contributed by atoms with Gasteiger partial charge < -0.3 is 4.90 Å². The van der Waals surface area contributed by atoms with Gasteiger partial charge in [0, 0.05) is 18.3 Å². The van der Waals surface area contributed by atoms with Crippen molar-refractivity contribution >= 4 is 15.7 Å². The third-order valence-corrected chi connectivity index (χ3v) is 4.89. The maximum Gasteiger partial charge on any atom is 0.241 e. The first-order valence-corrected chi connectivity index (χ1v) is 6.67. The number of carbonyl (C=O) groups is 1. The van der Waals surface area contributed by atoms with Gasteiger partial charge in [-0.1, -0.05) is 6.92 Å². The molecular formula is C9H17NO3S. The number of hydrogen-bond acceptors (Lipinski definition) is 3. The van der Waals surface area contributed by atoms with E-state index in [2.05, 4.69) is 0 Å². The molecule has 0 aromatic heterocycles. The fourth-order valence-corrected chi connectivity index (χ4v) is 3.33. The topological polar surface area (TPSA) is 54.5 Å². The van der Waals surface area contributed by atoms with Gasteiger partial charge in [-0.2, -0.15) is 0 Å². The lowest BCUT2D eigenvalue weighted by Crippen LogP contribution is -2.36. The van der Waals surface area contributed by atoms with Gasteiger partial charge in [0.05, 0.1) is 0 Å². The molecule has 0 aromatic carbocycles. The molecule has 0 bridgehead atoms. The average molecular weight is 219 g/mol. The average Bonchev–Trinajstić information content (AvgIpc) is 2.42. The molecular weight excluding hydrogens is 202 g/mol. The second-order valence-corrected chi connectivity index (χ2v) is 6.12. The van der Waals surface area contributed by atoms with Crippen molar-refractivity contribution in [1.29, 1.82) is 0 Å². The molecule has 1 amide bonds. The number of amides is 1. The van der Waals surface area contributed by atoms with Crippen LogP contribution in [0.2, 0.25) is 0 Å². The Labute approximate surface area is 85.2 Å². The lowest BCUT2D eigenvalue weighted by atomic mass is 10.2. The molecule has 1 fully saturated rings. The van der Waals surface area contributed by atoms with E-state index in [4.69, 9.17) is 0 Å². The molecule has 1 heterocycles. The summed E-state index contributed by atoms with van der Waals surface area (Å²) in [6, 6.07) is 0.0545. The van der Waals surface area contributed by atoms with Gasteiger partial charge >= 0.3 is 0 Å². The third kappa shape index (κ3) is 1.78. The van der Waals surface area contributed by atoms with Crippen LogP contribution in [-0.2, 0) is 14.6 Å². The minimum absolute atomic E-state index is 0.0493. The molecule has 2 unspecified atom stereocenters. The summed E-state index contributed by atoms with van der Waals surface area (Å²) in [6.07, 6.45) is 0.447. The Kier molecular flexibility index (Phi) is 3.19. The van der Waals surface area contributed by atoms with Crippen LogP contribution in [0.5, 0.6) is 0 Å². The predicted octanol–water partition coefficient (Wildman–Crippen LogP) is 0.430. The van der Waals surface area contributed by atoms with Crippen molar-refractivity contribution < 1.29 is 13.2 Å². The van der Waals surface area contributed by atoms with Gasteiger partial charge in [0.15, 0.2) is 9.84 Å². The zero-order chi connectivity index (χ0) is 10.9. The van der Waals surface area contributed by atoms with Crippen LogP contribution in [0, 0.1) is 0 Å². The molecule has 1 saturated heterocycles. The van der Waals surface area contributed by atoms with E-state index < -0.39 is 15.1 Å². The summed E-state index contributed by atoms with van der Waals surface area (Å²) in [5.41, 5.74) is 0. The maximum atomic E-state index is 11.7. The lowest BCUT2D eigenvalue weighted by molar-refractivity contribution is -0.128. The highest BCUT2D eigenvalue weighted by atomic mass is 32.2. The molecule has 0 saturated carbocycles. The summed E-state index contributed by atoms with van der Waals surface area (Å²) in [4.78, 5) is 13.3. The van der Waals surface area contributed by atoms with E-state index in [1.54, 1.807) is 11.8 Å². The summed E-state index contributed by atoms with van der Waals surface area (Å²) in [5.74, 6) is -0.171. The molecule has 0 aromatic rings. The van der Waals surface area contributed by atoms with Crippen molar-refractivity contribution in [2.45, 2.75) is 38.5 Å². The van der Waals surface area contributed by atoms with E-state index in [0.29, 0.717) is 13.0 Å². The number of rotatable bonds is 3. The quantitative estimate of drug-likeness (QED) is 0.691. The summed E-state index contributed by atoms with van der Waals surface area (Å²) in [7, 11) is -3.21. The number of likely N-dealkylation sites (tertiary alicyclic amines) is 1. The molecule has 1 aliphatic heterocycles. The van der Waals surface area contributed by atoms with Crippen molar-refractivity contribution in [2.75, 3.05) is 12.3 Å². The Morgan fingerprint density at radius 2 is 2.00 bits per heavy atom. The minimum atomic E-state index is -3.21. The highest BCUT2D eigenvalue weighted by Gasteiger charge is 2.43. The van der Waals surface area contributed by atoms with E-state index in [0.717, 1.165) is 0 Å². The van der Waals surface area contributed by atoms with E-state index >= 15 is 0 Å². The molecule has 1 rings (SSSR count). The molecule has 0 aliphatic carbocycles. The molecule has 2 atom stereocenters. The fraction of sp³-hybridized carbons (Fsp3) is 0.889. The van der Waals surface area contributed by atoms with Crippen LogP contribution >= 0.6 is 0 Å². The molecule has 82 valence electrons. The van der Waals surface area contributed by atoms with Crippen molar-refractivity contribution in [3.8, 4) is 0 Å². The molecule has 5 heteroatoms. The van der Waals surface area contributed by atoms with Crippen molar-refractivity contribution in [3.63, 3.8) is 0 Å². The van der Waals surface area contributed by atoms with Crippen molar-refractivity contribution in [1.82, 2.24) is 4.90 Å². The number of carbonyl (C=O) groups excluding carboxylic acids is 1. The van der Waals surface area contributed by atoms with Crippen LogP contribution < -0.4 is 0 Å². The first-order chi connectivity index (χ1) is 6.44.